The summed E-state index contributed by atoms with van der Waals surface area (Å²) in [4.78, 5) is 4.93. The highest BCUT2D eigenvalue weighted by Crippen LogP contribution is 2.62. The lowest BCUT2D eigenvalue weighted by Crippen LogP contribution is -2.11. The number of aryl methyl sites for hydroxylation is 8. The molecule has 0 atom stereocenters. The quantitative estimate of drug-likeness (QED) is 0.150. The van der Waals surface area contributed by atoms with Gasteiger partial charge in [0.2, 0.25) is 0 Å². The average molecular weight is 889 g/mol. The predicted molar refractivity (Wildman–Crippen MR) is 295 cm³/mol. The second-order valence-electron chi connectivity index (χ2n) is 19.7. The Morgan fingerprint density at radius 3 is 1.26 bits per heavy atom. The second-order valence-corrected chi connectivity index (χ2v) is 19.7. The predicted octanol–water partition coefficient (Wildman–Crippen LogP) is 18.8. The number of hydrogen-bond donors (Lipinski definition) is 0. The molecule has 0 fully saturated rings. The van der Waals surface area contributed by atoms with E-state index in [9.17, 15) is 0 Å². The zero-order valence-corrected chi connectivity index (χ0v) is 40.9. The van der Waals surface area contributed by atoms with Crippen LogP contribution in [0.3, 0.4) is 0 Å². The van der Waals surface area contributed by atoms with Gasteiger partial charge in [0.1, 0.15) is 0 Å². The molecule has 0 saturated carbocycles. The first-order chi connectivity index (χ1) is 33.5. The van der Waals surface area contributed by atoms with Crippen LogP contribution >= 0.6 is 0 Å². The summed E-state index contributed by atoms with van der Waals surface area (Å²) >= 11 is 0. The number of nitrogens with zero attached hydrogens (tertiary/aromatic N) is 2. The van der Waals surface area contributed by atoms with E-state index < -0.39 is 0 Å². The Kier molecular flexibility index (Phi) is 10.1. The molecule has 10 aromatic rings. The molecule has 0 aliphatic heterocycles. The summed E-state index contributed by atoms with van der Waals surface area (Å²) in [5.74, 6) is 0. The van der Waals surface area contributed by atoms with E-state index in [-0.39, 0.29) is 0 Å². The van der Waals surface area contributed by atoms with E-state index in [1.54, 1.807) is 0 Å². The third-order valence-electron chi connectivity index (χ3n) is 15.5. The summed E-state index contributed by atoms with van der Waals surface area (Å²) in [6, 6.07) is 69.0. The van der Waals surface area contributed by atoms with Gasteiger partial charge in [-0.2, -0.15) is 0 Å². The largest absolute Gasteiger partial charge is 0.310 e. The van der Waals surface area contributed by atoms with Gasteiger partial charge in [0.05, 0.1) is 5.69 Å². The molecule has 0 heterocycles. The van der Waals surface area contributed by atoms with E-state index in [0.717, 1.165) is 17.8 Å². The fourth-order valence-corrected chi connectivity index (χ4v) is 11.3. The Morgan fingerprint density at radius 2 is 0.739 bits per heavy atom. The van der Waals surface area contributed by atoms with Gasteiger partial charge in [0, 0.05) is 33.8 Å². The first-order valence-electron chi connectivity index (χ1n) is 24.5. The van der Waals surface area contributed by atoms with Crippen LogP contribution in [0.5, 0.6) is 0 Å². The van der Waals surface area contributed by atoms with Crippen LogP contribution < -0.4 is 9.80 Å². The van der Waals surface area contributed by atoms with Crippen molar-refractivity contribution in [3.8, 4) is 55.6 Å². The molecule has 69 heavy (non-hydrogen) atoms. The molecule has 334 valence electrons. The van der Waals surface area contributed by atoms with Gasteiger partial charge >= 0.3 is 0 Å². The Hall–Kier alpha value is -7.94. The molecule has 0 aromatic heterocycles. The normalized spacial score (nSPS) is 12.0. The third-order valence-corrected chi connectivity index (χ3v) is 15.5. The van der Waals surface area contributed by atoms with E-state index in [1.807, 2.05) is 0 Å². The number of anilines is 6. The van der Waals surface area contributed by atoms with Crippen molar-refractivity contribution in [1.82, 2.24) is 0 Å². The fourth-order valence-electron chi connectivity index (χ4n) is 11.3. The summed E-state index contributed by atoms with van der Waals surface area (Å²) in [7, 11) is 0. The van der Waals surface area contributed by atoms with Crippen molar-refractivity contribution in [2.24, 2.45) is 0 Å². The maximum Gasteiger partial charge on any atom is 0.0540 e. The fraction of sp³-hybridized carbons (Fsp3) is 0.134. The molecule has 0 N–H and O–H groups in total. The molecule has 10 aromatic carbocycles. The van der Waals surface area contributed by atoms with Crippen LogP contribution in [-0.4, -0.2) is 0 Å². The van der Waals surface area contributed by atoms with Crippen LogP contribution in [0.15, 0.2) is 182 Å². The molecule has 2 aliphatic rings. The van der Waals surface area contributed by atoms with Gasteiger partial charge in [0.25, 0.3) is 0 Å². The number of rotatable bonds is 8. The summed E-state index contributed by atoms with van der Waals surface area (Å²) in [5, 5.41) is 2.56. The van der Waals surface area contributed by atoms with E-state index in [2.05, 4.69) is 247 Å². The van der Waals surface area contributed by atoms with E-state index in [1.165, 1.54) is 145 Å². The minimum Gasteiger partial charge on any atom is -0.310 e. The summed E-state index contributed by atoms with van der Waals surface area (Å²) in [6.07, 6.45) is 0.828. The van der Waals surface area contributed by atoms with Crippen molar-refractivity contribution in [1.29, 1.82) is 0 Å². The third kappa shape index (κ3) is 6.84. The van der Waals surface area contributed by atoms with E-state index in [4.69, 9.17) is 0 Å². The van der Waals surface area contributed by atoms with Crippen molar-refractivity contribution >= 4 is 44.9 Å². The van der Waals surface area contributed by atoms with Crippen LogP contribution in [0.1, 0.15) is 55.6 Å². The van der Waals surface area contributed by atoms with E-state index in [0.29, 0.717) is 0 Å². The van der Waals surface area contributed by atoms with Gasteiger partial charge in [-0.05, 0) is 245 Å². The number of fused-ring (bicyclic) bond motifs is 6. The Labute approximate surface area is 407 Å². The lowest BCUT2D eigenvalue weighted by Gasteiger charge is -2.28. The monoisotopic (exact) mass is 888 g/mol. The molecule has 0 radical (unpaired) electrons. The average Bonchev–Trinajstić information content (AvgIpc) is 3.90. The molecule has 0 spiro atoms. The minimum absolute atomic E-state index is 0.828. The lowest BCUT2D eigenvalue weighted by molar-refractivity contribution is 1.21. The molecular weight excluding hydrogens is 833 g/mol. The summed E-state index contributed by atoms with van der Waals surface area (Å²) in [6.45, 7) is 17.7. The summed E-state index contributed by atoms with van der Waals surface area (Å²) in [5.41, 5.74) is 33.1. The van der Waals surface area contributed by atoms with Gasteiger partial charge in [-0.1, -0.05) is 115 Å². The van der Waals surface area contributed by atoms with Gasteiger partial charge in [-0.15, -0.1) is 0 Å². The molecule has 0 amide bonds. The maximum atomic E-state index is 2.48. The molecule has 0 bridgehead atoms. The molecule has 0 saturated heterocycles. The van der Waals surface area contributed by atoms with Gasteiger partial charge in [0.15, 0.2) is 0 Å². The van der Waals surface area contributed by atoms with Crippen molar-refractivity contribution in [3.63, 3.8) is 0 Å². The zero-order valence-electron chi connectivity index (χ0n) is 40.9. The first kappa shape index (κ1) is 42.4. The maximum absolute atomic E-state index is 2.48. The molecular formula is C67H56N2. The molecule has 0 unspecified atom stereocenters. The van der Waals surface area contributed by atoms with E-state index >= 15 is 0 Å². The topological polar surface area (TPSA) is 6.48 Å². The van der Waals surface area contributed by atoms with Gasteiger partial charge in [-0.25, -0.2) is 0 Å². The highest BCUT2D eigenvalue weighted by molar-refractivity contribution is 6.26. The zero-order chi connectivity index (χ0) is 47.2. The highest BCUT2D eigenvalue weighted by Gasteiger charge is 2.37. The van der Waals surface area contributed by atoms with Crippen LogP contribution in [0, 0.1) is 55.4 Å². The van der Waals surface area contributed by atoms with Crippen LogP contribution in [0.25, 0.3) is 66.4 Å². The van der Waals surface area contributed by atoms with Gasteiger partial charge < -0.3 is 9.80 Å². The van der Waals surface area contributed by atoms with Crippen molar-refractivity contribution in [2.75, 3.05) is 9.80 Å². The van der Waals surface area contributed by atoms with Crippen molar-refractivity contribution in [2.45, 2.75) is 61.8 Å². The van der Waals surface area contributed by atoms with Crippen LogP contribution in [0.4, 0.5) is 34.1 Å². The van der Waals surface area contributed by atoms with Crippen LogP contribution in [0.2, 0.25) is 0 Å². The van der Waals surface area contributed by atoms with Crippen molar-refractivity contribution in [3.05, 3.63) is 238 Å². The van der Waals surface area contributed by atoms with Gasteiger partial charge in [-0.3, -0.25) is 0 Å². The SMILES string of the molecule is Cc1ccc(N(c2ccc(C)c(C)c2)c2ccc3c(c2)Cc2c(-c4ccccc4)c4c(c(-c5ccccc5)c2-3)-c2cccc3c(N(c5ccc(C)c(C)c5)c5ccc(C)c(C)c5)ccc-4c23)cc1C. The summed E-state index contributed by atoms with van der Waals surface area (Å²) < 4.78 is 0. The number of hydrogen-bond acceptors (Lipinski definition) is 2. The Bertz CT molecular complexity index is 3620. The number of benzene rings is 10. The highest BCUT2D eigenvalue weighted by atomic mass is 15.1. The van der Waals surface area contributed by atoms with Crippen LogP contribution in [-0.2, 0) is 6.42 Å². The molecule has 2 heteroatoms. The van der Waals surface area contributed by atoms with Crippen molar-refractivity contribution < 1.29 is 0 Å². The smallest absolute Gasteiger partial charge is 0.0540 e. The lowest BCUT2D eigenvalue weighted by atomic mass is 9.80. The second kappa shape index (κ2) is 16.4. The Balaban J connectivity index is 1.12. The molecule has 2 aliphatic carbocycles. The first-order valence-corrected chi connectivity index (χ1v) is 24.5. The molecule has 2 nitrogen and oxygen atoms in total. The Morgan fingerprint density at radius 1 is 0.304 bits per heavy atom. The molecule has 12 rings (SSSR count). The standard InChI is InChI=1S/C67H56N2/c1-40-22-26-51(34-44(40)5)68(52-27-23-41(2)45(6)35-52)55-30-31-56-50(38-55)39-60-62(48-16-11-9-12-17-48)66-59-32-33-61(69(53-28-24-42(3)46(7)36-53)54-29-25-43(4)47(8)37-54)57-20-15-21-58(64(57)59)67(66)63(65(56)60)49-18-13-10-14-19-49/h9-38H,39H2,1-8H3. The minimum atomic E-state index is 0.828.